The molecule has 1 rings (SSSR count). The molecule has 0 aliphatic rings. The summed E-state index contributed by atoms with van der Waals surface area (Å²) < 4.78 is 10.8. The van der Waals surface area contributed by atoms with Gasteiger partial charge in [0, 0.05) is 11.6 Å². The zero-order valence-electron chi connectivity index (χ0n) is 10.2. The average Bonchev–Trinajstić information content (AvgIpc) is 2.34. The highest BCUT2D eigenvalue weighted by molar-refractivity contribution is 5.35. The van der Waals surface area contributed by atoms with E-state index in [4.69, 9.17) is 20.5 Å². The second-order valence-corrected chi connectivity index (χ2v) is 3.82. The predicted octanol–water partition coefficient (Wildman–Crippen LogP) is 2.01. The average molecular weight is 234 g/mol. The summed E-state index contributed by atoms with van der Waals surface area (Å²) in [6, 6.07) is 9.59. The normalized spacial score (nSPS) is 13.8. The van der Waals surface area contributed by atoms with Crippen LogP contribution in [0.25, 0.3) is 0 Å². The smallest absolute Gasteiger partial charge is 0.141 e. The second-order valence-electron chi connectivity index (χ2n) is 3.82. The van der Waals surface area contributed by atoms with Gasteiger partial charge in [0.25, 0.3) is 0 Å². The van der Waals surface area contributed by atoms with Gasteiger partial charge in [0.2, 0.25) is 0 Å². The number of hydrogen-bond acceptors (Lipinski definition) is 4. The van der Waals surface area contributed by atoms with Crippen LogP contribution in [0.4, 0.5) is 0 Å². The number of benzene rings is 1. The van der Waals surface area contributed by atoms with Gasteiger partial charge in [-0.1, -0.05) is 18.2 Å². The van der Waals surface area contributed by atoms with Gasteiger partial charge in [0.15, 0.2) is 0 Å². The van der Waals surface area contributed by atoms with Gasteiger partial charge in [-0.3, -0.25) is 0 Å². The van der Waals surface area contributed by atoms with Crippen molar-refractivity contribution in [1.82, 2.24) is 0 Å². The molecule has 0 aliphatic carbocycles. The van der Waals surface area contributed by atoms with Crippen molar-refractivity contribution in [1.29, 1.82) is 5.26 Å². The van der Waals surface area contributed by atoms with Crippen molar-refractivity contribution in [2.75, 3.05) is 13.2 Å². The Morgan fingerprint density at radius 2 is 2.00 bits per heavy atom. The Labute approximate surface area is 102 Å². The number of nitrogens with zero attached hydrogens (tertiary/aromatic N) is 1. The van der Waals surface area contributed by atoms with Crippen molar-refractivity contribution in [2.24, 2.45) is 5.73 Å². The molecule has 2 atom stereocenters. The van der Waals surface area contributed by atoms with Gasteiger partial charge >= 0.3 is 0 Å². The number of ether oxygens (including phenoxy) is 2. The van der Waals surface area contributed by atoms with E-state index in [1.165, 1.54) is 0 Å². The fourth-order valence-corrected chi connectivity index (χ4v) is 1.40. The predicted molar refractivity (Wildman–Crippen MR) is 65.6 cm³/mol. The molecule has 0 bridgehead atoms. The van der Waals surface area contributed by atoms with Crippen LogP contribution < -0.4 is 10.5 Å². The number of nitriles is 1. The minimum Gasteiger partial charge on any atom is -0.491 e. The maximum absolute atomic E-state index is 8.54. The van der Waals surface area contributed by atoms with Crippen molar-refractivity contribution in [3.63, 3.8) is 0 Å². The lowest BCUT2D eigenvalue weighted by Gasteiger charge is -2.14. The highest BCUT2D eigenvalue weighted by Crippen LogP contribution is 2.22. The van der Waals surface area contributed by atoms with Crippen LogP contribution in [-0.4, -0.2) is 19.3 Å². The van der Waals surface area contributed by atoms with E-state index in [9.17, 15) is 0 Å². The molecule has 0 saturated heterocycles. The highest BCUT2D eigenvalue weighted by Gasteiger charge is 2.07. The lowest BCUT2D eigenvalue weighted by molar-refractivity contribution is 0.0741. The largest absolute Gasteiger partial charge is 0.491 e. The summed E-state index contributed by atoms with van der Waals surface area (Å²) in [7, 11) is 0. The fourth-order valence-electron chi connectivity index (χ4n) is 1.40. The van der Waals surface area contributed by atoms with Crippen LogP contribution in [0.15, 0.2) is 24.3 Å². The molecule has 4 nitrogen and oxygen atoms in total. The van der Waals surface area contributed by atoms with Crippen LogP contribution in [0, 0.1) is 11.3 Å². The lowest BCUT2D eigenvalue weighted by atomic mass is 10.1. The van der Waals surface area contributed by atoms with E-state index in [1.54, 1.807) is 6.92 Å². The number of hydrogen-bond donors (Lipinski definition) is 1. The summed E-state index contributed by atoms with van der Waals surface area (Å²) in [5, 5.41) is 8.54. The first-order chi connectivity index (χ1) is 8.15. The molecule has 0 spiro atoms. The fraction of sp³-hybridized carbons (Fsp3) is 0.462. The molecular weight excluding hydrogens is 216 g/mol. The van der Waals surface area contributed by atoms with Crippen LogP contribution in [0.2, 0.25) is 0 Å². The third-order valence-corrected chi connectivity index (χ3v) is 2.30. The van der Waals surface area contributed by atoms with Crippen LogP contribution in [0.1, 0.15) is 25.5 Å². The molecule has 4 heteroatoms. The van der Waals surface area contributed by atoms with Gasteiger partial charge in [-0.2, -0.15) is 5.26 Å². The zero-order chi connectivity index (χ0) is 12.7. The summed E-state index contributed by atoms with van der Waals surface area (Å²) in [5.41, 5.74) is 6.81. The summed E-state index contributed by atoms with van der Waals surface area (Å²) in [5.74, 6) is 0.774. The van der Waals surface area contributed by atoms with Gasteiger partial charge in [0.05, 0.1) is 12.7 Å². The Balaban J connectivity index is 2.44. The molecule has 0 aliphatic heterocycles. The minimum absolute atomic E-state index is 0.0647. The quantitative estimate of drug-likeness (QED) is 0.764. The maximum Gasteiger partial charge on any atom is 0.141 e. The van der Waals surface area contributed by atoms with E-state index < -0.39 is 6.10 Å². The highest BCUT2D eigenvalue weighted by atomic mass is 16.5. The van der Waals surface area contributed by atoms with E-state index in [0.29, 0.717) is 13.2 Å². The Bertz CT molecular complexity index is 385. The van der Waals surface area contributed by atoms with E-state index in [0.717, 1.165) is 11.3 Å². The summed E-state index contributed by atoms with van der Waals surface area (Å²) >= 11 is 0. The first-order valence-electron chi connectivity index (χ1n) is 5.63. The first kappa shape index (κ1) is 13.5. The Morgan fingerprint density at radius 1 is 1.29 bits per heavy atom. The topological polar surface area (TPSA) is 68.3 Å². The molecule has 0 aromatic heterocycles. The molecule has 2 N–H and O–H groups in total. The van der Waals surface area contributed by atoms with Crippen molar-refractivity contribution < 1.29 is 9.47 Å². The third-order valence-electron chi connectivity index (χ3n) is 2.30. The van der Waals surface area contributed by atoms with Gasteiger partial charge in [-0.15, -0.1) is 0 Å². The Hall–Kier alpha value is -1.57. The SMILES string of the molecule is CC(C#N)OCCOc1ccccc1[C@@H](C)N. The van der Waals surface area contributed by atoms with E-state index in [-0.39, 0.29) is 6.04 Å². The lowest BCUT2D eigenvalue weighted by Crippen LogP contribution is -2.14. The molecule has 0 saturated carbocycles. The molecule has 0 heterocycles. The molecule has 92 valence electrons. The van der Waals surface area contributed by atoms with Crippen LogP contribution in [0.3, 0.4) is 0 Å². The maximum atomic E-state index is 8.54. The van der Waals surface area contributed by atoms with Crippen molar-refractivity contribution in [3.8, 4) is 11.8 Å². The second kappa shape index (κ2) is 6.89. The van der Waals surface area contributed by atoms with Crippen molar-refractivity contribution in [3.05, 3.63) is 29.8 Å². The Morgan fingerprint density at radius 3 is 2.65 bits per heavy atom. The molecule has 1 aromatic rings. The molecule has 0 fully saturated rings. The zero-order valence-corrected chi connectivity index (χ0v) is 10.2. The summed E-state index contributed by atoms with van der Waals surface area (Å²) in [6.07, 6.45) is -0.401. The van der Waals surface area contributed by atoms with Crippen molar-refractivity contribution in [2.45, 2.75) is 26.0 Å². The molecule has 0 amide bonds. The molecule has 0 radical (unpaired) electrons. The van der Waals surface area contributed by atoms with Crippen LogP contribution in [0.5, 0.6) is 5.75 Å². The molecular formula is C13H18N2O2. The third kappa shape index (κ3) is 4.43. The number of rotatable bonds is 6. The molecule has 1 unspecified atom stereocenters. The molecule has 1 aromatic carbocycles. The number of nitrogens with two attached hydrogens (primary N) is 1. The first-order valence-corrected chi connectivity index (χ1v) is 5.63. The van der Waals surface area contributed by atoms with E-state index in [1.807, 2.05) is 37.3 Å². The molecule has 17 heavy (non-hydrogen) atoms. The van der Waals surface area contributed by atoms with Crippen molar-refractivity contribution >= 4 is 0 Å². The van der Waals surface area contributed by atoms with E-state index >= 15 is 0 Å². The standard InChI is InChI=1S/C13H18N2O2/c1-10(9-14)16-7-8-17-13-6-4-3-5-12(13)11(2)15/h3-6,10-11H,7-8,15H2,1-2H3/t10?,11-/m1/s1. The van der Waals surface area contributed by atoms with Crippen LogP contribution in [-0.2, 0) is 4.74 Å². The van der Waals surface area contributed by atoms with Crippen LogP contribution >= 0.6 is 0 Å². The summed E-state index contributed by atoms with van der Waals surface area (Å²) in [4.78, 5) is 0. The van der Waals surface area contributed by atoms with Gasteiger partial charge in [0.1, 0.15) is 18.5 Å². The monoisotopic (exact) mass is 234 g/mol. The van der Waals surface area contributed by atoms with Gasteiger partial charge < -0.3 is 15.2 Å². The van der Waals surface area contributed by atoms with Gasteiger partial charge in [-0.25, -0.2) is 0 Å². The van der Waals surface area contributed by atoms with E-state index in [2.05, 4.69) is 0 Å². The number of para-hydroxylation sites is 1. The van der Waals surface area contributed by atoms with Gasteiger partial charge in [-0.05, 0) is 19.9 Å². The Kier molecular flexibility index (Phi) is 5.47. The minimum atomic E-state index is -0.401. The summed E-state index contributed by atoms with van der Waals surface area (Å²) in [6.45, 7) is 4.42.